The first kappa shape index (κ1) is 16.8. The molecule has 0 bridgehead atoms. The maximum Gasteiger partial charge on any atom is 0.293 e. The summed E-state index contributed by atoms with van der Waals surface area (Å²) in [6.45, 7) is 2.16. The molecule has 0 N–H and O–H groups in total. The number of fused-ring (bicyclic) bond motifs is 1. The van der Waals surface area contributed by atoms with E-state index < -0.39 is 0 Å². The van der Waals surface area contributed by atoms with Gasteiger partial charge in [-0.3, -0.25) is 4.79 Å². The van der Waals surface area contributed by atoms with Gasteiger partial charge >= 0.3 is 0 Å². The van der Waals surface area contributed by atoms with E-state index in [4.69, 9.17) is 23.2 Å². The summed E-state index contributed by atoms with van der Waals surface area (Å²) in [4.78, 5) is 13.1. The largest absolute Gasteiger partial charge is 0.293 e. The van der Waals surface area contributed by atoms with Crippen LogP contribution in [0.5, 0.6) is 0 Å². The molecule has 0 aliphatic carbocycles. The Labute approximate surface area is 159 Å². The lowest BCUT2D eigenvalue weighted by atomic mass is 10.2. The Hall–Kier alpha value is -2.63. The van der Waals surface area contributed by atoms with Crippen LogP contribution in [0.4, 0.5) is 0 Å². The Morgan fingerprint density at radius 3 is 2.54 bits per heavy atom. The number of aryl methyl sites for hydroxylation is 1. The van der Waals surface area contributed by atoms with Crippen molar-refractivity contribution in [1.29, 1.82) is 0 Å². The molecule has 7 heteroatoms. The number of para-hydroxylation sites is 1. The minimum atomic E-state index is -0.210. The van der Waals surface area contributed by atoms with Crippen molar-refractivity contribution in [2.75, 3.05) is 0 Å². The molecule has 4 aromatic rings. The maximum atomic E-state index is 13.1. The van der Waals surface area contributed by atoms with E-state index in [9.17, 15) is 4.79 Å². The van der Waals surface area contributed by atoms with Crippen molar-refractivity contribution in [3.8, 4) is 5.69 Å². The number of halogens is 2. The van der Waals surface area contributed by atoms with E-state index in [1.54, 1.807) is 23.0 Å². The number of rotatable bonds is 3. The Morgan fingerprint density at radius 2 is 1.81 bits per heavy atom. The van der Waals surface area contributed by atoms with Crippen LogP contribution in [0.15, 0.2) is 59.5 Å². The first-order valence-corrected chi connectivity index (χ1v) is 8.75. The number of benzene rings is 2. The summed E-state index contributed by atoms with van der Waals surface area (Å²) in [5.74, 6) is 0. The minimum absolute atomic E-state index is 0.210. The third-order valence-electron chi connectivity index (χ3n) is 4.18. The highest BCUT2D eigenvalue weighted by molar-refractivity contribution is 6.42. The van der Waals surface area contributed by atoms with Gasteiger partial charge in [0, 0.05) is 5.39 Å². The molecule has 0 aliphatic rings. The van der Waals surface area contributed by atoms with Crippen molar-refractivity contribution >= 4 is 34.1 Å². The molecular weight excluding hydrogens is 371 g/mol. The van der Waals surface area contributed by atoms with Crippen molar-refractivity contribution in [2.45, 2.75) is 13.5 Å². The fourth-order valence-corrected chi connectivity index (χ4v) is 3.23. The van der Waals surface area contributed by atoms with Crippen LogP contribution in [0.2, 0.25) is 10.0 Å². The van der Waals surface area contributed by atoms with Crippen LogP contribution in [-0.2, 0) is 6.54 Å². The lowest BCUT2D eigenvalue weighted by Crippen LogP contribution is -2.26. The highest BCUT2D eigenvalue weighted by Gasteiger charge is 2.15. The quantitative estimate of drug-likeness (QED) is 0.530. The molecule has 0 saturated heterocycles. The normalized spacial score (nSPS) is 11.2. The van der Waals surface area contributed by atoms with Gasteiger partial charge in [-0.1, -0.05) is 47.5 Å². The molecule has 2 heterocycles. The number of aromatic nitrogens is 4. The van der Waals surface area contributed by atoms with Gasteiger partial charge in [-0.25, -0.2) is 9.36 Å². The SMILES string of the molecule is Cc1nn(Cc2ccc(Cl)c(Cl)c2)c(=O)c2c1cnn2-c1ccccc1. The van der Waals surface area contributed by atoms with Crippen LogP contribution < -0.4 is 5.56 Å². The Bertz CT molecular complexity index is 1170. The zero-order valence-corrected chi connectivity index (χ0v) is 15.4. The van der Waals surface area contributed by atoms with Crippen LogP contribution in [0, 0.1) is 6.92 Å². The number of hydrogen-bond acceptors (Lipinski definition) is 3. The van der Waals surface area contributed by atoms with Gasteiger partial charge in [-0.05, 0) is 36.8 Å². The summed E-state index contributed by atoms with van der Waals surface area (Å²) in [7, 11) is 0. The molecule has 26 heavy (non-hydrogen) atoms. The van der Waals surface area contributed by atoms with Crippen molar-refractivity contribution in [2.24, 2.45) is 0 Å². The second-order valence-electron chi connectivity index (χ2n) is 5.95. The van der Waals surface area contributed by atoms with E-state index >= 15 is 0 Å². The Kier molecular flexibility index (Phi) is 4.26. The molecule has 0 unspecified atom stereocenters. The lowest BCUT2D eigenvalue weighted by Gasteiger charge is -2.09. The van der Waals surface area contributed by atoms with Gasteiger partial charge in [0.05, 0.1) is 34.2 Å². The smallest absolute Gasteiger partial charge is 0.265 e. The second-order valence-corrected chi connectivity index (χ2v) is 6.77. The second kappa shape index (κ2) is 6.59. The topological polar surface area (TPSA) is 52.7 Å². The summed E-state index contributed by atoms with van der Waals surface area (Å²) < 4.78 is 3.08. The van der Waals surface area contributed by atoms with Crippen molar-refractivity contribution in [1.82, 2.24) is 19.6 Å². The summed E-state index contributed by atoms with van der Waals surface area (Å²) in [6, 6.07) is 14.8. The average Bonchev–Trinajstić information content (AvgIpc) is 3.09. The van der Waals surface area contributed by atoms with Crippen molar-refractivity contribution < 1.29 is 0 Å². The molecule has 0 atom stereocenters. The van der Waals surface area contributed by atoms with E-state index in [2.05, 4.69) is 10.2 Å². The van der Waals surface area contributed by atoms with Gasteiger partial charge in [0.15, 0.2) is 0 Å². The zero-order valence-electron chi connectivity index (χ0n) is 13.9. The van der Waals surface area contributed by atoms with Crippen molar-refractivity contribution in [3.05, 3.63) is 86.4 Å². The maximum absolute atomic E-state index is 13.1. The van der Waals surface area contributed by atoms with E-state index in [1.807, 2.05) is 43.3 Å². The van der Waals surface area contributed by atoms with E-state index in [0.29, 0.717) is 22.1 Å². The molecule has 0 saturated carbocycles. The zero-order chi connectivity index (χ0) is 18.3. The number of nitrogens with zero attached hydrogens (tertiary/aromatic N) is 4. The molecule has 0 aliphatic heterocycles. The lowest BCUT2D eigenvalue weighted by molar-refractivity contribution is 0.635. The number of hydrogen-bond donors (Lipinski definition) is 0. The summed E-state index contributed by atoms with van der Waals surface area (Å²) >= 11 is 12.0. The Balaban J connectivity index is 1.87. The highest BCUT2D eigenvalue weighted by Crippen LogP contribution is 2.23. The first-order valence-electron chi connectivity index (χ1n) is 7.99. The van der Waals surface area contributed by atoms with Gasteiger partial charge in [-0.2, -0.15) is 10.2 Å². The molecule has 2 aromatic carbocycles. The van der Waals surface area contributed by atoms with E-state index in [-0.39, 0.29) is 5.56 Å². The van der Waals surface area contributed by atoms with Gasteiger partial charge in [0.2, 0.25) is 0 Å². The molecular formula is C19H14Cl2N4O. The first-order chi connectivity index (χ1) is 12.5. The minimum Gasteiger partial charge on any atom is -0.265 e. The summed E-state index contributed by atoms with van der Waals surface area (Å²) in [5.41, 5.74) is 2.70. The Morgan fingerprint density at radius 1 is 1.04 bits per heavy atom. The van der Waals surface area contributed by atoms with Crippen molar-refractivity contribution in [3.63, 3.8) is 0 Å². The fraction of sp³-hybridized carbons (Fsp3) is 0.105. The van der Waals surface area contributed by atoms with Crippen LogP contribution in [0.1, 0.15) is 11.3 Å². The highest BCUT2D eigenvalue weighted by atomic mass is 35.5. The summed E-state index contributed by atoms with van der Waals surface area (Å²) in [5, 5.41) is 10.5. The molecule has 0 radical (unpaired) electrons. The predicted octanol–water partition coefficient (Wildman–Crippen LogP) is 4.25. The van der Waals surface area contributed by atoms with E-state index in [0.717, 1.165) is 22.3 Å². The van der Waals surface area contributed by atoms with Crippen LogP contribution in [0.25, 0.3) is 16.6 Å². The van der Waals surface area contributed by atoms with Gasteiger partial charge < -0.3 is 0 Å². The molecule has 5 nitrogen and oxygen atoms in total. The van der Waals surface area contributed by atoms with Crippen LogP contribution in [-0.4, -0.2) is 19.6 Å². The monoisotopic (exact) mass is 384 g/mol. The third kappa shape index (κ3) is 2.89. The molecule has 4 rings (SSSR count). The van der Waals surface area contributed by atoms with Gasteiger partial charge in [0.25, 0.3) is 5.56 Å². The fourth-order valence-electron chi connectivity index (χ4n) is 2.90. The molecule has 130 valence electrons. The predicted molar refractivity (Wildman–Crippen MR) is 103 cm³/mol. The standard InChI is InChI=1S/C19H14Cl2N4O/c1-12-15-10-22-25(14-5-3-2-4-6-14)18(15)19(26)24(23-12)11-13-7-8-16(20)17(21)9-13/h2-10H,11H2,1H3. The summed E-state index contributed by atoms with van der Waals surface area (Å²) in [6.07, 6.45) is 1.68. The van der Waals surface area contributed by atoms with Gasteiger partial charge in [-0.15, -0.1) is 0 Å². The molecule has 0 amide bonds. The van der Waals surface area contributed by atoms with Crippen LogP contribution >= 0.6 is 23.2 Å². The van der Waals surface area contributed by atoms with E-state index in [1.165, 1.54) is 4.68 Å². The third-order valence-corrected chi connectivity index (χ3v) is 4.92. The van der Waals surface area contributed by atoms with Gasteiger partial charge in [0.1, 0.15) is 5.52 Å². The average molecular weight is 385 g/mol. The molecule has 0 spiro atoms. The molecule has 2 aromatic heterocycles. The van der Waals surface area contributed by atoms with Crippen LogP contribution in [0.3, 0.4) is 0 Å². The molecule has 0 fully saturated rings.